The highest BCUT2D eigenvalue weighted by Gasteiger charge is 2.18. The van der Waals surface area contributed by atoms with Gasteiger partial charge in [0.15, 0.2) is 5.78 Å². The number of benzene rings is 2. The van der Waals surface area contributed by atoms with E-state index in [1.54, 1.807) is 10.8 Å². The summed E-state index contributed by atoms with van der Waals surface area (Å²) in [6, 6.07) is 10.8. The van der Waals surface area contributed by atoms with Crippen LogP contribution in [0.4, 0.5) is 8.78 Å². The highest BCUT2D eigenvalue weighted by Crippen LogP contribution is 2.25. The molecule has 0 saturated carbocycles. The lowest BCUT2D eigenvalue weighted by Gasteiger charge is -2.07. The topological polar surface area (TPSA) is 22.0 Å². The van der Waals surface area contributed by atoms with Gasteiger partial charge in [0.1, 0.15) is 11.6 Å². The molecule has 0 aliphatic carbocycles. The molecule has 0 radical (unpaired) electrons. The van der Waals surface area contributed by atoms with Gasteiger partial charge < -0.3 is 4.57 Å². The molecule has 21 heavy (non-hydrogen) atoms. The van der Waals surface area contributed by atoms with Gasteiger partial charge in [0.2, 0.25) is 0 Å². The van der Waals surface area contributed by atoms with E-state index in [2.05, 4.69) is 15.9 Å². The Morgan fingerprint density at radius 2 is 1.71 bits per heavy atom. The Hall–Kier alpha value is -2.01. The van der Waals surface area contributed by atoms with Crippen LogP contribution in [0.15, 0.2) is 53.1 Å². The van der Waals surface area contributed by atoms with Gasteiger partial charge in [0.25, 0.3) is 0 Å². The molecule has 2 nitrogen and oxygen atoms in total. The fourth-order valence-electron chi connectivity index (χ4n) is 2.32. The van der Waals surface area contributed by atoms with Gasteiger partial charge in [-0.2, -0.15) is 0 Å². The van der Waals surface area contributed by atoms with Gasteiger partial charge in [0.05, 0.1) is 12.1 Å². The van der Waals surface area contributed by atoms with Gasteiger partial charge in [-0.1, -0.05) is 28.1 Å². The van der Waals surface area contributed by atoms with Crippen molar-refractivity contribution in [2.75, 3.05) is 0 Å². The molecule has 3 aromatic rings. The van der Waals surface area contributed by atoms with Gasteiger partial charge in [-0.25, -0.2) is 8.78 Å². The minimum Gasteiger partial charge on any atom is -0.340 e. The van der Waals surface area contributed by atoms with Crippen molar-refractivity contribution in [2.45, 2.75) is 6.54 Å². The summed E-state index contributed by atoms with van der Waals surface area (Å²) in [7, 11) is 0. The number of nitrogens with zero attached hydrogens (tertiary/aromatic N) is 1. The van der Waals surface area contributed by atoms with Crippen molar-refractivity contribution in [3.63, 3.8) is 0 Å². The zero-order valence-electron chi connectivity index (χ0n) is 10.8. The van der Waals surface area contributed by atoms with Gasteiger partial charge in [-0.3, -0.25) is 4.79 Å². The Kier molecular flexibility index (Phi) is 3.59. The maximum absolute atomic E-state index is 13.6. The van der Waals surface area contributed by atoms with Crippen molar-refractivity contribution in [2.24, 2.45) is 0 Å². The molecule has 5 heteroatoms. The second-order valence-electron chi connectivity index (χ2n) is 4.64. The van der Waals surface area contributed by atoms with Crippen molar-refractivity contribution in [1.29, 1.82) is 0 Å². The number of carbonyl (C=O) groups is 1. The molecular formula is C16H10BrF2NO. The summed E-state index contributed by atoms with van der Waals surface area (Å²) in [5.74, 6) is -2.27. The van der Waals surface area contributed by atoms with Crippen molar-refractivity contribution in [3.05, 3.63) is 70.3 Å². The Morgan fingerprint density at radius 3 is 2.43 bits per heavy atom. The summed E-state index contributed by atoms with van der Waals surface area (Å²) in [4.78, 5) is 12.2. The predicted octanol–water partition coefficient (Wildman–Crippen LogP) is 4.56. The molecule has 3 rings (SSSR count). The Balaban J connectivity index is 1.99. The maximum Gasteiger partial charge on any atom is 0.188 e. The third kappa shape index (κ3) is 2.49. The van der Waals surface area contributed by atoms with Crippen LogP contribution in [0.5, 0.6) is 0 Å². The summed E-state index contributed by atoms with van der Waals surface area (Å²) < 4.78 is 29.8. The Labute approximate surface area is 128 Å². The molecule has 0 fully saturated rings. The number of carbonyl (C=O) groups excluding carboxylic acids is 1. The third-order valence-electron chi connectivity index (χ3n) is 3.32. The first kappa shape index (κ1) is 13.9. The number of Topliss-reactive ketones (excluding diaryl/α,β-unsaturated/α-hetero) is 1. The zero-order chi connectivity index (χ0) is 15.0. The lowest BCUT2D eigenvalue weighted by Crippen LogP contribution is -2.13. The molecule has 0 spiro atoms. The molecule has 0 amide bonds. The molecule has 0 saturated heterocycles. The normalized spacial score (nSPS) is 11.0. The number of ketones is 1. The average Bonchev–Trinajstić information content (AvgIpc) is 2.83. The minimum atomic E-state index is -0.836. The highest BCUT2D eigenvalue weighted by molar-refractivity contribution is 9.10. The predicted molar refractivity (Wildman–Crippen MR) is 80.3 cm³/mol. The molecule has 0 atom stereocenters. The summed E-state index contributed by atoms with van der Waals surface area (Å²) >= 11 is 3.43. The molecule has 1 heterocycles. The number of aromatic nitrogens is 1. The van der Waals surface area contributed by atoms with Crippen molar-refractivity contribution >= 4 is 32.6 Å². The fraction of sp³-hybridized carbons (Fsp3) is 0.0625. The standard InChI is InChI=1S/C16H10BrF2NO/c17-11-3-1-6-14-10(11)7-8-20(14)9-15(21)16-12(18)4-2-5-13(16)19/h1-8H,9H2. The van der Waals surface area contributed by atoms with E-state index in [4.69, 9.17) is 0 Å². The maximum atomic E-state index is 13.6. The largest absolute Gasteiger partial charge is 0.340 e. The van der Waals surface area contributed by atoms with E-state index in [1.807, 2.05) is 24.3 Å². The molecule has 0 bridgehead atoms. The lowest BCUT2D eigenvalue weighted by atomic mass is 10.1. The van der Waals surface area contributed by atoms with Gasteiger partial charge >= 0.3 is 0 Å². The Bertz CT molecular complexity index is 821. The zero-order valence-corrected chi connectivity index (χ0v) is 12.4. The van der Waals surface area contributed by atoms with E-state index in [0.717, 1.165) is 27.5 Å². The molecule has 0 unspecified atom stereocenters. The number of hydrogen-bond donors (Lipinski definition) is 0. The smallest absolute Gasteiger partial charge is 0.188 e. The molecule has 0 aliphatic rings. The van der Waals surface area contributed by atoms with Crippen molar-refractivity contribution in [1.82, 2.24) is 4.57 Å². The molecule has 2 aromatic carbocycles. The lowest BCUT2D eigenvalue weighted by molar-refractivity contribution is 0.0965. The summed E-state index contributed by atoms with van der Waals surface area (Å²) in [6.45, 7) is -0.113. The van der Waals surface area contributed by atoms with Crippen molar-refractivity contribution in [3.8, 4) is 0 Å². The van der Waals surface area contributed by atoms with Crippen LogP contribution in [0, 0.1) is 11.6 Å². The molecule has 0 aliphatic heterocycles. The molecule has 1 aromatic heterocycles. The number of rotatable bonds is 3. The summed E-state index contributed by atoms with van der Waals surface area (Å²) in [6.07, 6.45) is 1.73. The first-order chi connectivity index (χ1) is 10.1. The average molecular weight is 350 g/mol. The van der Waals surface area contributed by atoms with Crippen LogP contribution in [0.25, 0.3) is 10.9 Å². The summed E-state index contributed by atoms with van der Waals surface area (Å²) in [5.41, 5.74) is 0.337. The Morgan fingerprint density at radius 1 is 1.05 bits per heavy atom. The molecule has 0 N–H and O–H groups in total. The van der Waals surface area contributed by atoms with Gasteiger partial charge in [0, 0.05) is 21.6 Å². The highest BCUT2D eigenvalue weighted by atomic mass is 79.9. The van der Waals surface area contributed by atoms with Crippen LogP contribution in [-0.2, 0) is 6.54 Å². The van der Waals surface area contributed by atoms with E-state index >= 15 is 0 Å². The second-order valence-corrected chi connectivity index (χ2v) is 5.49. The first-order valence-electron chi connectivity index (χ1n) is 6.28. The fourth-order valence-corrected chi connectivity index (χ4v) is 2.81. The van der Waals surface area contributed by atoms with Crippen LogP contribution < -0.4 is 0 Å². The second kappa shape index (κ2) is 5.41. The first-order valence-corrected chi connectivity index (χ1v) is 7.08. The van der Waals surface area contributed by atoms with Crippen LogP contribution in [0.1, 0.15) is 10.4 Å². The van der Waals surface area contributed by atoms with E-state index in [9.17, 15) is 13.6 Å². The molecule has 106 valence electrons. The van der Waals surface area contributed by atoms with E-state index in [1.165, 1.54) is 6.07 Å². The van der Waals surface area contributed by atoms with Crippen LogP contribution in [0.2, 0.25) is 0 Å². The quantitative estimate of drug-likeness (QED) is 0.635. The monoisotopic (exact) mass is 349 g/mol. The van der Waals surface area contributed by atoms with Crippen molar-refractivity contribution < 1.29 is 13.6 Å². The van der Waals surface area contributed by atoms with Gasteiger partial charge in [-0.15, -0.1) is 0 Å². The summed E-state index contributed by atoms with van der Waals surface area (Å²) in [5, 5.41) is 0.944. The minimum absolute atomic E-state index is 0.113. The molecular weight excluding hydrogens is 340 g/mol. The number of fused-ring (bicyclic) bond motifs is 1. The van der Waals surface area contributed by atoms with E-state index in [0.29, 0.717) is 0 Å². The van der Waals surface area contributed by atoms with Gasteiger partial charge in [-0.05, 0) is 30.3 Å². The van der Waals surface area contributed by atoms with Crippen LogP contribution >= 0.6 is 15.9 Å². The van der Waals surface area contributed by atoms with Crippen LogP contribution in [-0.4, -0.2) is 10.4 Å². The van der Waals surface area contributed by atoms with E-state index < -0.39 is 23.0 Å². The third-order valence-corrected chi connectivity index (χ3v) is 4.01. The van der Waals surface area contributed by atoms with E-state index in [-0.39, 0.29) is 6.54 Å². The number of hydrogen-bond acceptors (Lipinski definition) is 1. The number of halogens is 3. The van der Waals surface area contributed by atoms with Crippen LogP contribution in [0.3, 0.4) is 0 Å². The SMILES string of the molecule is O=C(Cn1ccc2c(Br)cccc21)c1c(F)cccc1F.